The number of carbonyl (C=O) groups excluding carboxylic acids is 1. The summed E-state index contributed by atoms with van der Waals surface area (Å²) >= 11 is 3.49. The zero-order chi connectivity index (χ0) is 14.9. The van der Waals surface area contributed by atoms with Crippen molar-refractivity contribution in [3.05, 3.63) is 33.8 Å². The fourth-order valence-corrected chi connectivity index (χ4v) is 2.75. The predicted octanol–water partition coefficient (Wildman–Crippen LogP) is 2.70. The van der Waals surface area contributed by atoms with Gasteiger partial charge in [0.2, 0.25) is 0 Å². The molecule has 1 heterocycles. The Hall–Kier alpha value is -1.95. The van der Waals surface area contributed by atoms with Crippen molar-refractivity contribution in [2.45, 2.75) is 13.3 Å². The highest BCUT2D eigenvalue weighted by Crippen LogP contribution is 2.38. The minimum atomic E-state index is -0.560. The van der Waals surface area contributed by atoms with E-state index >= 15 is 0 Å². The van der Waals surface area contributed by atoms with E-state index in [1.165, 1.54) is 0 Å². The number of H-pyrrole nitrogens is 1. The lowest BCUT2D eigenvalue weighted by Gasteiger charge is -2.11. The van der Waals surface area contributed by atoms with Crippen LogP contribution in [-0.4, -0.2) is 18.0 Å². The van der Waals surface area contributed by atoms with Crippen LogP contribution in [0.15, 0.2) is 22.7 Å². The van der Waals surface area contributed by atoms with Gasteiger partial charge >= 0.3 is 0 Å². The number of carbonyl (C=O) groups is 1. The van der Waals surface area contributed by atoms with E-state index in [2.05, 4.69) is 27.8 Å². The molecule has 1 aromatic heterocycles. The molecule has 20 heavy (non-hydrogen) atoms. The molecule has 0 saturated heterocycles. The van der Waals surface area contributed by atoms with Crippen LogP contribution in [0.25, 0.3) is 11.3 Å². The van der Waals surface area contributed by atoms with Crippen molar-refractivity contribution in [1.29, 1.82) is 0 Å². The number of nitrogens with two attached hydrogens (primary N) is 2. The van der Waals surface area contributed by atoms with Gasteiger partial charge in [-0.3, -0.25) is 4.79 Å². The van der Waals surface area contributed by atoms with E-state index in [0.29, 0.717) is 11.4 Å². The van der Waals surface area contributed by atoms with Crippen LogP contribution in [0.1, 0.15) is 22.8 Å². The van der Waals surface area contributed by atoms with E-state index in [0.717, 1.165) is 22.0 Å². The molecular formula is C14H16BrN3O2. The summed E-state index contributed by atoms with van der Waals surface area (Å²) in [6, 6.07) is 5.64. The molecule has 2 aromatic rings. The maximum atomic E-state index is 11.3. The second-order valence-corrected chi connectivity index (χ2v) is 5.24. The number of benzene rings is 1. The van der Waals surface area contributed by atoms with E-state index < -0.39 is 5.91 Å². The molecule has 1 aromatic carbocycles. The van der Waals surface area contributed by atoms with Crippen molar-refractivity contribution in [2.75, 3.05) is 12.8 Å². The number of halogens is 1. The van der Waals surface area contributed by atoms with Gasteiger partial charge in [0.05, 0.1) is 22.8 Å². The quantitative estimate of drug-likeness (QED) is 0.800. The van der Waals surface area contributed by atoms with Gasteiger partial charge in [-0.1, -0.05) is 6.92 Å². The fourth-order valence-electron chi connectivity index (χ4n) is 2.08. The van der Waals surface area contributed by atoms with Crippen LogP contribution < -0.4 is 16.2 Å². The van der Waals surface area contributed by atoms with Crippen LogP contribution in [0, 0.1) is 0 Å². The first kappa shape index (κ1) is 14.5. The van der Waals surface area contributed by atoms with Crippen LogP contribution in [-0.2, 0) is 6.42 Å². The molecule has 0 bridgehead atoms. The number of primary amides is 1. The number of anilines is 1. The van der Waals surface area contributed by atoms with Crippen LogP contribution in [0.3, 0.4) is 0 Å². The third-order valence-corrected chi connectivity index (χ3v) is 3.71. The van der Waals surface area contributed by atoms with Crippen molar-refractivity contribution < 1.29 is 9.53 Å². The van der Waals surface area contributed by atoms with Gasteiger partial charge in [-0.05, 0) is 46.1 Å². The number of ether oxygens (including phenoxy) is 1. The lowest BCUT2D eigenvalue weighted by Crippen LogP contribution is -2.11. The molecular weight excluding hydrogens is 322 g/mol. The highest BCUT2D eigenvalue weighted by Gasteiger charge is 2.17. The summed E-state index contributed by atoms with van der Waals surface area (Å²) in [4.78, 5) is 14.3. The SMILES string of the molecule is CCc1cc(Br)c(OC)c(-c2cc(C(N)=O)c(N)[nH]2)c1. The first-order valence-electron chi connectivity index (χ1n) is 6.13. The second kappa shape index (κ2) is 5.58. The number of methoxy groups -OCH3 is 1. The third kappa shape index (κ3) is 2.51. The Labute approximate surface area is 125 Å². The zero-order valence-electron chi connectivity index (χ0n) is 11.3. The van der Waals surface area contributed by atoms with E-state index in [9.17, 15) is 4.79 Å². The number of amides is 1. The minimum Gasteiger partial charge on any atom is -0.495 e. The molecule has 0 aliphatic carbocycles. The van der Waals surface area contributed by atoms with E-state index in [-0.39, 0.29) is 11.4 Å². The highest BCUT2D eigenvalue weighted by atomic mass is 79.9. The van der Waals surface area contributed by atoms with Crippen molar-refractivity contribution >= 4 is 27.7 Å². The smallest absolute Gasteiger partial charge is 0.252 e. The van der Waals surface area contributed by atoms with Gasteiger partial charge in [0.15, 0.2) is 0 Å². The summed E-state index contributed by atoms with van der Waals surface area (Å²) in [7, 11) is 1.59. The van der Waals surface area contributed by atoms with Gasteiger partial charge in [0, 0.05) is 5.56 Å². The van der Waals surface area contributed by atoms with Gasteiger partial charge in [-0.15, -0.1) is 0 Å². The Morgan fingerprint density at radius 1 is 1.40 bits per heavy atom. The number of hydrogen-bond donors (Lipinski definition) is 3. The topological polar surface area (TPSA) is 94.1 Å². The number of nitrogens with one attached hydrogen (secondary N) is 1. The number of aromatic amines is 1. The lowest BCUT2D eigenvalue weighted by atomic mass is 10.0. The largest absolute Gasteiger partial charge is 0.495 e. The molecule has 0 aliphatic heterocycles. The number of aromatic nitrogens is 1. The Balaban J connectivity index is 2.64. The van der Waals surface area contributed by atoms with E-state index in [4.69, 9.17) is 16.2 Å². The Kier molecular flexibility index (Phi) is 4.04. The Bertz CT molecular complexity index is 665. The van der Waals surface area contributed by atoms with Gasteiger partial charge in [0.25, 0.3) is 5.91 Å². The third-order valence-electron chi connectivity index (χ3n) is 3.12. The molecule has 0 fully saturated rings. The minimum absolute atomic E-state index is 0.257. The highest BCUT2D eigenvalue weighted by molar-refractivity contribution is 9.10. The van der Waals surface area contributed by atoms with Crippen LogP contribution in [0.2, 0.25) is 0 Å². The number of nitrogen functional groups attached to an aromatic ring is 1. The number of aryl methyl sites for hydroxylation is 1. The van der Waals surface area contributed by atoms with Gasteiger partial charge in [-0.2, -0.15) is 0 Å². The van der Waals surface area contributed by atoms with Crippen molar-refractivity contribution in [3.8, 4) is 17.0 Å². The van der Waals surface area contributed by atoms with Crippen LogP contribution in [0.5, 0.6) is 5.75 Å². The first-order chi connectivity index (χ1) is 9.47. The molecule has 106 valence electrons. The predicted molar refractivity (Wildman–Crippen MR) is 82.8 cm³/mol. The lowest BCUT2D eigenvalue weighted by molar-refractivity contribution is 0.100. The summed E-state index contributed by atoms with van der Waals surface area (Å²) in [5.74, 6) is 0.377. The molecule has 6 heteroatoms. The average molecular weight is 338 g/mol. The van der Waals surface area contributed by atoms with Gasteiger partial charge < -0.3 is 21.2 Å². The number of hydrogen-bond acceptors (Lipinski definition) is 3. The first-order valence-corrected chi connectivity index (χ1v) is 6.92. The average Bonchev–Trinajstić information content (AvgIpc) is 2.79. The fraction of sp³-hybridized carbons (Fsp3) is 0.214. The molecule has 5 N–H and O–H groups in total. The summed E-state index contributed by atoms with van der Waals surface area (Å²) in [5, 5.41) is 0. The number of rotatable bonds is 4. The molecule has 5 nitrogen and oxygen atoms in total. The normalized spacial score (nSPS) is 10.6. The monoisotopic (exact) mass is 337 g/mol. The van der Waals surface area contributed by atoms with Crippen molar-refractivity contribution in [3.63, 3.8) is 0 Å². The summed E-state index contributed by atoms with van der Waals surface area (Å²) in [5.41, 5.74) is 14.0. The molecule has 0 spiro atoms. The van der Waals surface area contributed by atoms with Gasteiger partial charge in [-0.25, -0.2) is 0 Å². The van der Waals surface area contributed by atoms with Crippen LogP contribution in [0.4, 0.5) is 5.82 Å². The maximum absolute atomic E-state index is 11.3. The maximum Gasteiger partial charge on any atom is 0.252 e. The van der Waals surface area contributed by atoms with E-state index in [1.807, 2.05) is 12.1 Å². The summed E-state index contributed by atoms with van der Waals surface area (Å²) in [6.07, 6.45) is 0.883. The van der Waals surface area contributed by atoms with E-state index in [1.54, 1.807) is 13.2 Å². The zero-order valence-corrected chi connectivity index (χ0v) is 12.9. The van der Waals surface area contributed by atoms with Gasteiger partial charge in [0.1, 0.15) is 11.6 Å². The standard InChI is InChI=1S/C14H16BrN3O2/c1-3-7-4-8(12(20-2)10(15)5-7)11-6-9(14(17)19)13(16)18-11/h4-6,18H,3,16H2,1-2H3,(H2,17,19). The Morgan fingerprint density at radius 2 is 2.10 bits per heavy atom. The Morgan fingerprint density at radius 3 is 2.60 bits per heavy atom. The second-order valence-electron chi connectivity index (χ2n) is 4.39. The molecule has 1 amide bonds. The van der Waals surface area contributed by atoms with Crippen LogP contribution >= 0.6 is 15.9 Å². The van der Waals surface area contributed by atoms with Crippen molar-refractivity contribution in [2.24, 2.45) is 5.73 Å². The molecule has 2 rings (SSSR count). The molecule has 0 atom stereocenters. The molecule has 0 radical (unpaired) electrons. The summed E-state index contributed by atoms with van der Waals surface area (Å²) in [6.45, 7) is 2.07. The molecule has 0 saturated carbocycles. The molecule has 0 aliphatic rings. The molecule has 0 unspecified atom stereocenters. The van der Waals surface area contributed by atoms with Crippen molar-refractivity contribution in [1.82, 2.24) is 4.98 Å². The summed E-state index contributed by atoms with van der Waals surface area (Å²) < 4.78 is 6.27.